The first-order chi connectivity index (χ1) is 8.84. The van der Waals surface area contributed by atoms with Gasteiger partial charge in [-0.2, -0.15) is 4.99 Å². The third-order valence-corrected chi connectivity index (χ3v) is 2.97. The predicted molar refractivity (Wildman–Crippen MR) is 70.7 cm³/mol. The largest absolute Gasteiger partial charge is 0.342 e. The van der Waals surface area contributed by atoms with E-state index in [9.17, 15) is 4.79 Å². The van der Waals surface area contributed by atoms with Crippen LogP contribution in [0.1, 0.15) is 17.2 Å². The Bertz CT molecular complexity index is 590. The maximum absolute atomic E-state index is 11.5. The summed E-state index contributed by atoms with van der Waals surface area (Å²) in [5.41, 5.74) is 2.81. The number of amides is 2. The fourth-order valence-electron chi connectivity index (χ4n) is 2.12. The molecule has 2 aromatic carbocycles. The summed E-state index contributed by atoms with van der Waals surface area (Å²) in [5.74, 6) is 0. The van der Waals surface area contributed by atoms with Gasteiger partial charge in [0.2, 0.25) is 0 Å². The molecule has 18 heavy (non-hydrogen) atoms. The van der Waals surface area contributed by atoms with Crippen LogP contribution in [0, 0.1) is 0 Å². The summed E-state index contributed by atoms with van der Waals surface area (Å²) in [6.07, 6.45) is 0. The van der Waals surface area contributed by atoms with Gasteiger partial charge in [0, 0.05) is 0 Å². The zero-order valence-electron chi connectivity index (χ0n) is 9.71. The topological polar surface area (TPSA) is 41.5 Å². The Morgan fingerprint density at radius 2 is 1.50 bits per heavy atom. The molecule has 0 unspecified atom stereocenters. The van der Waals surface area contributed by atoms with E-state index >= 15 is 0 Å². The minimum absolute atomic E-state index is 0.152. The molecule has 0 bridgehead atoms. The summed E-state index contributed by atoms with van der Waals surface area (Å²) < 4.78 is 0. The van der Waals surface area contributed by atoms with Crippen LogP contribution in [0.4, 0.5) is 4.79 Å². The van der Waals surface area contributed by atoms with E-state index in [1.165, 1.54) is 0 Å². The number of carbonyl (C=O) groups is 1. The summed E-state index contributed by atoms with van der Waals surface area (Å²) in [4.78, 5) is 15.6. The smallest absolute Gasteiger partial charge is 0.324 e. The molecule has 88 valence electrons. The molecule has 2 amide bonds. The number of aliphatic imine (C=N–C) groups is 1. The molecule has 0 aliphatic carbocycles. The average molecular weight is 236 g/mol. The Kier molecular flexibility index (Phi) is 2.65. The molecular weight excluding hydrogens is 224 g/mol. The Morgan fingerprint density at radius 1 is 0.889 bits per heavy atom. The molecule has 1 N–H and O–H groups in total. The van der Waals surface area contributed by atoms with Crippen LogP contribution in [-0.2, 0) is 0 Å². The van der Waals surface area contributed by atoms with Gasteiger partial charge in [0.15, 0.2) is 0 Å². The minimum Gasteiger partial charge on any atom is -0.324 e. The molecule has 0 fully saturated rings. The number of nitrogens with one attached hydrogen (secondary N) is 1. The first-order valence-corrected chi connectivity index (χ1v) is 5.84. The van der Waals surface area contributed by atoms with Gasteiger partial charge in [0.05, 0.1) is 11.8 Å². The van der Waals surface area contributed by atoms with Crippen molar-refractivity contribution in [3.63, 3.8) is 0 Å². The molecule has 3 nitrogen and oxygen atoms in total. The van der Waals surface area contributed by atoms with Gasteiger partial charge >= 0.3 is 6.03 Å². The fraction of sp³-hybridized carbons (Fsp3) is 0.0667. The van der Waals surface area contributed by atoms with Crippen molar-refractivity contribution >= 4 is 11.7 Å². The van der Waals surface area contributed by atoms with Crippen molar-refractivity contribution in [1.82, 2.24) is 5.32 Å². The molecule has 1 heterocycles. The zero-order valence-corrected chi connectivity index (χ0v) is 9.71. The second-order valence-corrected chi connectivity index (χ2v) is 4.16. The van der Waals surface area contributed by atoms with E-state index in [4.69, 9.17) is 0 Å². The number of urea groups is 1. The van der Waals surface area contributed by atoms with Crippen molar-refractivity contribution < 1.29 is 4.79 Å². The monoisotopic (exact) mass is 236 g/mol. The van der Waals surface area contributed by atoms with E-state index < -0.39 is 0 Å². The molecule has 0 spiro atoms. The lowest BCUT2D eigenvalue weighted by Crippen LogP contribution is -2.23. The average Bonchev–Trinajstić information content (AvgIpc) is 2.83. The number of nitrogens with zero attached hydrogens (tertiary/aromatic N) is 1. The van der Waals surface area contributed by atoms with Crippen LogP contribution < -0.4 is 5.32 Å². The second kappa shape index (κ2) is 4.45. The summed E-state index contributed by atoms with van der Waals surface area (Å²) in [6.45, 7) is 0. The van der Waals surface area contributed by atoms with Crippen molar-refractivity contribution in [2.45, 2.75) is 6.04 Å². The highest BCUT2D eigenvalue weighted by Crippen LogP contribution is 2.23. The maximum atomic E-state index is 11.5. The molecule has 3 rings (SSSR count). The lowest BCUT2D eigenvalue weighted by atomic mass is 9.97. The number of benzene rings is 2. The Morgan fingerprint density at radius 3 is 2.17 bits per heavy atom. The van der Waals surface area contributed by atoms with Crippen molar-refractivity contribution in [2.75, 3.05) is 0 Å². The summed E-state index contributed by atoms with van der Waals surface area (Å²) in [5, 5.41) is 2.88. The molecule has 1 atom stereocenters. The third kappa shape index (κ3) is 1.91. The summed E-state index contributed by atoms with van der Waals surface area (Å²) in [7, 11) is 0. The molecule has 0 saturated carbocycles. The van der Waals surface area contributed by atoms with Crippen molar-refractivity contribution in [2.24, 2.45) is 4.99 Å². The van der Waals surface area contributed by atoms with Gasteiger partial charge in [-0.25, -0.2) is 4.79 Å². The van der Waals surface area contributed by atoms with Gasteiger partial charge in [-0.05, 0) is 11.1 Å². The highest BCUT2D eigenvalue weighted by molar-refractivity contribution is 6.14. The maximum Gasteiger partial charge on any atom is 0.342 e. The molecule has 0 saturated heterocycles. The lowest BCUT2D eigenvalue weighted by Gasteiger charge is -2.13. The van der Waals surface area contributed by atoms with Crippen molar-refractivity contribution in [1.29, 1.82) is 0 Å². The van der Waals surface area contributed by atoms with Gasteiger partial charge in [0.25, 0.3) is 0 Å². The number of rotatable bonds is 2. The Hall–Kier alpha value is -2.42. The number of hydrogen-bond acceptors (Lipinski definition) is 1. The molecule has 0 aromatic heterocycles. The van der Waals surface area contributed by atoms with E-state index in [1.807, 2.05) is 60.7 Å². The Balaban J connectivity index is 2.02. The van der Waals surface area contributed by atoms with Crippen LogP contribution >= 0.6 is 0 Å². The van der Waals surface area contributed by atoms with Crippen LogP contribution in [0.3, 0.4) is 0 Å². The number of hydrogen-bond donors (Lipinski definition) is 1. The van der Waals surface area contributed by atoms with E-state index in [0.29, 0.717) is 0 Å². The van der Waals surface area contributed by atoms with E-state index in [1.54, 1.807) is 0 Å². The quantitative estimate of drug-likeness (QED) is 0.855. The van der Waals surface area contributed by atoms with E-state index in [2.05, 4.69) is 10.3 Å². The number of carbonyl (C=O) groups excluding carboxylic acids is 1. The second-order valence-electron chi connectivity index (χ2n) is 4.16. The van der Waals surface area contributed by atoms with Crippen LogP contribution in [0.5, 0.6) is 0 Å². The van der Waals surface area contributed by atoms with Gasteiger partial charge in [0.1, 0.15) is 0 Å². The standard InChI is InChI=1S/C15H12N2O/c18-15-16-13(11-7-3-1-4-8-11)14(17-15)12-9-5-2-6-10-12/h1-10,13H,(H,16,18)/t13-/m1/s1. The lowest BCUT2D eigenvalue weighted by molar-refractivity contribution is 0.250. The van der Waals surface area contributed by atoms with Crippen molar-refractivity contribution in [3.05, 3.63) is 71.8 Å². The van der Waals surface area contributed by atoms with Gasteiger partial charge in [-0.3, -0.25) is 0 Å². The molecule has 0 radical (unpaired) electrons. The molecule has 3 heteroatoms. The normalized spacial score (nSPS) is 18.3. The molecule has 1 aliphatic heterocycles. The first-order valence-electron chi connectivity index (χ1n) is 5.84. The highest BCUT2D eigenvalue weighted by atomic mass is 16.2. The third-order valence-electron chi connectivity index (χ3n) is 2.97. The first kappa shape index (κ1) is 10.7. The Labute approximate surface area is 105 Å². The molecule has 1 aliphatic rings. The van der Waals surface area contributed by atoms with Crippen LogP contribution in [-0.4, -0.2) is 11.7 Å². The van der Waals surface area contributed by atoms with E-state index in [0.717, 1.165) is 16.8 Å². The predicted octanol–water partition coefficient (Wildman–Crippen LogP) is 2.94. The fourth-order valence-corrected chi connectivity index (χ4v) is 2.12. The van der Waals surface area contributed by atoms with Crippen molar-refractivity contribution in [3.8, 4) is 0 Å². The van der Waals surface area contributed by atoms with Crippen LogP contribution in [0.2, 0.25) is 0 Å². The summed E-state index contributed by atoms with van der Waals surface area (Å²) >= 11 is 0. The van der Waals surface area contributed by atoms with Crippen LogP contribution in [0.25, 0.3) is 0 Å². The van der Waals surface area contributed by atoms with Gasteiger partial charge < -0.3 is 5.32 Å². The van der Waals surface area contributed by atoms with Gasteiger partial charge in [-0.1, -0.05) is 60.7 Å². The molecule has 2 aromatic rings. The SMILES string of the molecule is O=C1N=C(c2ccccc2)[C@@H](c2ccccc2)N1. The summed E-state index contributed by atoms with van der Waals surface area (Å²) in [6, 6.07) is 19.2. The van der Waals surface area contributed by atoms with E-state index in [-0.39, 0.29) is 12.1 Å². The molecular formula is C15H12N2O. The highest BCUT2D eigenvalue weighted by Gasteiger charge is 2.27. The zero-order chi connectivity index (χ0) is 12.4. The minimum atomic E-state index is -0.275. The van der Waals surface area contributed by atoms with Gasteiger partial charge in [-0.15, -0.1) is 0 Å². The van der Waals surface area contributed by atoms with Crippen LogP contribution in [0.15, 0.2) is 65.7 Å².